The third-order valence-corrected chi connectivity index (χ3v) is 4.64. The predicted octanol–water partition coefficient (Wildman–Crippen LogP) is 1.15. The highest BCUT2D eigenvalue weighted by molar-refractivity contribution is 5.29. The van der Waals surface area contributed by atoms with Crippen LogP contribution in [0.5, 0.6) is 5.75 Å². The van der Waals surface area contributed by atoms with Crippen molar-refractivity contribution in [1.29, 1.82) is 0 Å². The number of anilines is 1. The van der Waals surface area contributed by atoms with E-state index in [0.717, 1.165) is 25.4 Å². The number of rotatable bonds is 9. The molecular weight excluding hydrogens is 346 g/mol. The normalized spacial score (nSPS) is 16.3. The van der Waals surface area contributed by atoms with Crippen LogP contribution in [0.3, 0.4) is 0 Å². The quantitative estimate of drug-likeness (QED) is 0.605. The molecule has 0 amide bonds. The second-order valence-electron chi connectivity index (χ2n) is 6.96. The number of hydrogen-bond donors (Lipinski definition) is 3. The third kappa shape index (κ3) is 5.92. The van der Waals surface area contributed by atoms with Crippen molar-refractivity contribution in [3.8, 4) is 5.75 Å². The van der Waals surface area contributed by atoms with Gasteiger partial charge in [0.15, 0.2) is 5.82 Å². The van der Waals surface area contributed by atoms with Crippen molar-refractivity contribution < 1.29 is 14.9 Å². The van der Waals surface area contributed by atoms with Crippen LogP contribution in [0, 0.1) is 0 Å². The molecule has 27 heavy (non-hydrogen) atoms. The fourth-order valence-electron chi connectivity index (χ4n) is 3.23. The third-order valence-electron chi connectivity index (χ3n) is 4.64. The summed E-state index contributed by atoms with van der Waals surface area (Å²) in [5.74, 6) is 1.61. The van der Waals surface area contributed by atoms with Gasteiger partial charge in [0.25, 0.3) is 0 Å². The number of nitrogens with one attached hydrogen (secondary N) is 1. The van der Waals surface area contributed by atoms with E-state index in [1.807, 2.05) is 18.2 Å². The lowest BCUT2D eigenvalue weighted by Gasteiger charge is -2.26. The van der Waals surface area contributed by atoms with Gasteiger partial charge in [-0.2, -0.15) is 10.1 Å². The summed E-state index contributed by atoms with van der Waals surface area (Å²) in [6.07, 6.45) is 3.20. The maximum absolute atomic E-state index is 10.2. The zero-order valence-corrected chi connectivity index (χ0v) is 15.8. The summed E-state index contributed by atoms with van der Waals surface area (Å²) in [5, 5.41) is 26.3. The Hall–Kier alpha value is -2.16. The number of aliphatic hydroxyl groups is 2. The van der Waals surface area contributed by atoms with Gasteiger partial charge in [0.2, 0.25) is 5.95 Å². The van der Waals surface area contributed by atoms with Crippen molar-refractivity contribution in [3.63, 3.8) is 0 Å². The minimum Gasteiger partial charge on any atom is -0.491 e. The second-order valence-corrected chi connectivity index (χ2v) is 6.96. The van der Waals surface area contributed by atoms with Gasteiger partial charge < -0.3 is 20.3 Å². The number of piperidine rings is 1. The van der Waals surface area contributed by atoms with Crippen molar-refractivity contribution in [1.82, 2.24) is 19.7 Å². The molecule has 0 radical (unpaired) electrons. The fraction of sp³-hybridized carbons (Fsp3) is 0.579. The van der Waals surface area contributed by atoms with Crippen LogP contribution in [0.15, 0.2) is 24.3 Å². The summed E-state index contributed by atoms with van der Waals surface area (Å²) in [6, 6.07) is 8.07. The van der Waals surface area contributed by atoms with Crippen molar-refractivity contribution in [3.05, 3.63) is 35.7 Å². The number of likely N-dealkylation sites (tertiary alicyclic amines) is 1. The Labute approximate surface area is 159 Å². The lowest BCUT2D eigenvalue weighted by atomic mass is 10.1. The summed E-state index contributed by atoms with van der Waals surface area (Å²) in [7, 11) is 1.73. The van der Waals surface area contributed by atoms with Gasteiger partial charge in [-0.25, -0.2) is 4.68 Å². The molecule has 1 aromatic heterocycles. The maximum atomic E-state index is 10.2. The molecule has 148 valence electrons. The van der Waals surface area contributed by atoms with Crippen LogP contribution < -0.4 is 10.1 Å². The zero-order chi connectivity index (χ0) is 19.1. The SMILES string of the molecule is Cn1nc(CO)nc1NCC(O)COc1cccc(CN2CCCCC2)c1. The molecule has 3 N–H and O–H groups in total. The standard InChI is InChI=1S/C19H29N5O3/c1-23-19(21-18(13-25)22-23)20-11-16(26)14-27-17-7-5-6-15(10-17)12-24-8-3-2-4-9-24/h5-7,10,16,25-26H,2-4,8-9,11-14H2,1H3,(H,20,21,22). The molecule has 1 fully saturated rings. The molecular formula is C19H29N5O3. The number of hydrogen-bond acceptors (Lipinski definition) is 7. The van der Waals surface area contributed by atoms with Gasteiger partial charge in [-0.3, -0.25) is 4.90 Å². The molecule has 1 aliphatic rings. The van der Waals surface area contributed by atoms with E-state index in [4.69, 9.17) is 9.84 Å². The Morgan fingerprint density at radius 2 is 2.07 bits per heavy atom. The predicted molar refractivity (Wildman–Crippen MR) is 102 cm³/mol. The highest BCUT2D eigenvalue weighted by Crippen LogP contribution is 2.18. The van der Waals surface area contributed by atoms with Gasteiger partial charge in [0, 0.05) is 20.1 Å². The van der Waals surface area contributed by atoms with Gasteiger partial charge >= 0.3 is 0 Å². The van der Waals surface area contributed by atoms with E-state index in [2.05, 4.69) is 26.4 Å². The molecule has 1 aliphatic heterocycles. The second kappa shape index (κ2) is 9.68. The maximum Gasteiger partial charge on any atom is 0.221 e. The van der Waals surface area contributed by atoms with E-state index < -0.39 is 6.10 Å². The summed E-state index contributed by atoms with van der Waals surface area (Å²) in [6.45, 7) is 3.52. The number of nitrogens with zero attached hydrogens (tertiary/aromatic N) is 4. The molecule has 8 heteroatoms. The molecule has 2 heterocycles. The van der Waals surface area contributed by atoms with Crippen LogP contribution in [0.1, 0.15) is 30.7 Å². The Balaban J connectivity index is 1.44. The van der Waals surface area contributed by atoms with Gasteiger partial charge in [-0.1, -0.05) is 18.6 Å². The Morgan fingerprint density at radius 3 is 2.81 bits per heavy atom. The Bertz CT molecular complexity index is 715. The molecule has 0 bridgehead atoms. The van der Waals surface area contributed by atoms with E-state index in [-0.39, 0.29) is 19.8 Å². The van der Waals surface area contributed by atoms with Crippen LogP contribution in [-0.4, -0.2) is 62.2 Å². The van der Waals surface area contributed by atoms with Crippen LogP contribution >= 0.6 is 0 Å². The molecule has 1 saturated heterocycles. The van der Waals surface area contributed by atoms with Crippen molar-refractivity contribution in [2.24, 2.45) is 7.05 Å². The van der Waals surface area contributed by atoms with Crippen molar-refractivity contribution in [2.45, 2.75) is 38.5 Å². The first-order valence-corrected chi connectivity index (χ1v) is 9.51. The van der Waals surface area contributed by atoms with Crippen LogP contribution in [0.4, 0.5) is 5.95 Å². The van der Waals surface area contributed by atoms with Crippen LogP contribution in [-0.2, 0) is 20.2 Å². The molecule has 8 nitrogen and oxygen atoms in total. The summed E-state index contributed by atoms with van der Waals surface area (Å²) in [5.41, 5.74) is 1.23. The summed E-state index contributed by atoms with van der Waals surface area (Å²) >= 11 is 0. The van der Waals surface area contributed by atoms with Gasteiger partial charge in [0.1, 0.15) is 25.1 Å². The van der Waals surface area contributed by atoms with Gasteiger partial charge in [0.05, 0.1) is 0 Å². The number of benzene rings is 1. The first-order valence-electron chi connectivity index (χ1n) is 9.51. The largest absolute Gasteiger partial charge is 0.491 e. The van der Waals surface area contributed by atoms with Crippen molar-refractivity contribution in [2.75, 3.05) is 31.6 Å². The molecule has 1 unspecified atom stereocenters. The summed E-state index contributed by atoms with van der Waals surface area (Å²) < 4.78 is 7.28. The van der Waals surface area contributed by atoms with E-state index in [9.17, 15) is 5.11 Å². The molecule has 0 aliphatic carbocycles. The number of aryl methyl sites for hydroxylation is 1. The number of ether oxygens (including phenoxy) is 1. The topological polar surface area (TPSA) is 95.7 Å². The minimum atomic E-state index is -0.690. The van der Waals surface area contributed by atoms with Crippen molar-refractivity contribution >= 4 is 5.95 Å². The smallest absolute Gasteiger partial charge is 0.221 e. The van der Waals surface area contributed by atoms with E-state index in [1.54, 1.807) is 7.05 Å². The minimum absolute atomic E-state index is 0.185. The molecule has 1 aromatic carbocycles. The monoisotopic (exact) mass is 375 g/mol. The van der Waals surface area contributed by atoms with E-state index >= 15 is 0 Å². The average Bonchev–Trinajstić information content (AvgIpc) is 3.06. The Kier molecular flexibility index (Phi) is 7.03. The summed E-state index contributed by atoms with van der Waals surface area (Å²) in [4.78, 5) is 6.59. The lowest BCUT2D eigenvalue weighted by Crippen LogP contribution is -2.29. The first-order chi connectivity index (χ1) is 13.1. The zero-order valence-electron chi connectivity index (χ0n) is 15.8. The molecule has 3 rings (SSSR count). The highest BCUT2D eigenvalue weighted by Gasteiger charge is 2.12. The lowest BCUT2D eigenvalue weighted by molar-refractivity contribution is 0.117. The van der Waals surface area contributed by atoms with E-state index in [1.165, 1.54) is 29.5 Å². The molecule has 2 aromatic rings. The molecule has 0 saturated carbocycles. The van der Waals surface area contributed by atoms with E-state index in [0.29, 0.717) is 11.8 Å². The Morgan fingerprint density at radius 1 is 1.26 bits per heavy atom. The fourth-order valence-corrected chi connectivity index (χ4v) is 3.23. The van der Waals surface area contributed by atoms with Crippen LogP contribution in [0.2, 0.25) is 0 Å². The molecule has 1 atom stereocenters. The average molecular weight is 375 g/mol. The first kappa shape index (κ1) is 19.6. The van der Waals surface area contributed by atoms with Gasteiger partial charge in [-0.15, -0.1) is 0 Å². The number of aliphatic hydroxyl groups excluding tert-OH is 2. The van der Waals surface area contributed by atoms with Gasteiger partial charge in [-0.05, 0) is 43.6 Å². The molecule has 0 spiro atoms. The number of aromatic nitrogens is 3. The highest BCUT2D eigenvalue weighted by atomic mass is 16.5. The van der Waals surface area contributed by atoms with Crippen LogP contribution in [0.25, 0.3) is 0 Å².